The van der Waals surface area contributed by atoms with Gasteiger partial charge in [0.1, 0.15) is 0 Å². The molecular weight excluding hydrogens is 324 g/mol. The summed E-state index contributed by atoms with van der Waals surface area (Å²) in [5.74, 6) is 2.10. The predicted octanol–water partition coefficient (Wildman–Crippen LogP) is 2.52. The van der Waals surface area contributed by atoms with E-state index >= 15 is 0 Å². The Balaban J connectivity index is 1.56. The molecule has 112 valence electrons. The van der Waals surface area contributed by atoms with Gasteiger partial charge >= 0.3 is 0 Å². The fraction of sp³-hybridized carbons (Fsp3) is 0.286. The second-order valence-electron chi connectivity index (χ2n) is 4.14. The van der Waals surface area contributed by atoms with Gasteiger partial charge in [0.15, 0.2) is 6.20 Å². The van der Waals surface area contributed by atoms with Crippen LogP contribution in [0.1, 0.15) is 4.88 Å². The van der Waals surface area contributed by atoms with Crippen molar-refractivity contribution in [2.75, 3.05) is 18.1 Å². The first-order valence-electron chi connectivity index (χ1n) is 6.43. The number of rotatable bonds is 8. The van der Waals surface area contributed by atoms with Crippen LogP contribution in [0.3, 0.4) is 0 Å². The van der Waals surface area contributed by atoms with Gasteiger partial charge in [0.05, 0.1) is 5.75 Å². The van der Waals surface area contributed by atoms with Crippen molar-refractivity contribution in [3.05, 3.63) is 52.0 Å². The van der Waals surface area contributed by atoms with E-state index in [1.54, 1.807) is 41.3 Å². The number of nitrogens with zero attached hydrogens (tertiary/aromatic N) is 1. The molecule has 0 radical (unpaired) electrons. The van der Waals surface area contributed by atoms with E-state index in [1.165, 1.54) is 22.8 Å². The number of hydrogen-bond acceptors (Lipinski definition) is 5. The van der Waals surface area contributed by atoms with Crippen molar-refractivity contribution in [2.45, 2.75) is 10.8 Å². The van der Waals surface area contributed by atoms with E-state index in [0.717, 1.165) is 16.2 Å². The molecule has 1 amide bonds. The average Bonchev–Trinajstić information content (AvgIpc) is 2.99. The standard InChI is InChI=1S/C14H16N2O2S3/c17-13(11-21-14-5-1-2-7-16(14)18)15-6-9-19-10-12-4-3-8-20-12/h1-5,7-8H,6,9-11H2,(H,15,17). The molecule has 21 heavy (non-hydrogen) atoms. The molecule has 0 saturated carbocycles. The fourth-order valence-corrected chi connectivity index (χ4v) is 3.99. The minimum Gasteiger partial charge on any atom is -0.618 e. The van der Waals surface area contributed by atoms with Crippen LogP contribution in [-0.4, -0.2) is 24.0 Å². The monoisotopic (exact) mass is 340 g/mol. The molecule has 2 aromatic heterocycles. The van der Waals surface area contributed by atoms with Crippen molar-refractivity contribution in [3.8, 4) is 0 Å². The molecule has 0 atom stereocenters. The van der Waals surface area contributed by atoms with Crippen LogP contribution in [0.25, 0.3) is 0 Å². The molecule has 7 heteroatoms. The van der Waals surface area contributed by atoms with E-state index < -0.39 is 0 Å². The third-order valence-corrected chi connectivity index (χ3v) is 5.62. The van der Waals surface area contributed by atoms with E-state index in [4.69, 9.17) is 0 Å². The molecule has 0 aliphatic rings. The molecule has 2 aromatic rings. The first-order valence-corrected chi connectivity index (χ1v) is 9.45. The van der Waals surface area contributed by atoms with Gasteiger partial charge in [0.2, 0.25) is 5.91 Å². The lowest BCUT2D eigenvalue weighted by atomic mass is 10.5. The maximum absolute atomic E-state index is 11.7. The molecule has 2 rings (SSSR count). The average molecular weight is 340 g/mol. The maximum atomic E-state index is 11.7. The van der Waals surface area contributed by atoms with Gasteiger partial charge in [0, 0.05) is 35.1 Å². The quantitative estimate of drug-likeness (QED) is 0.347. The number of pyridine rings is 1. The van der Waals surface area contributed by atoms with Crippen molar-refractivity contribution in [2.24, 2.45) is 0 Å². The minimum absolute atomic E-state index is 0.0411. The summed E-state index contributed by atoms with van der Waals surface area (Å²) < 4.78 is 0.773. The summed E-state index contributed by atoms with van der Waals surface area (Å²) >= 11 is 4.81. The third kappa shape index (κ3) is 5.99. The normalized spacial score (nSPS) is 10.5. The Kier molecular flexibility index (Phi) is 6.91. The molecule has 0 aliphatic heterocycles. The Labute approximate surface area is 136 Å². The SMILES string of the molecule is O=C(CSc1cccc[n+]1[O-])NCCSCc1cccs1. The lowest BCUT2D eigenvalue weighted by molar-refractivity contribution is -0.645. The number of aromatic nitrogens is 1. The number of thioether (sulfide) groups is 2. The number of carbonyl (C=O) groups is 1. The highest BCUT2D eigenvalue weighted by Crippen LogP contribution is 2.16. The van der Waals surface area contributed by atoms with Crippen molar-refractivity contribution < 1.29 is 9.52 Å². The molecular formula is C14H16N2O2S3. The second kappa shape index (κ2) is 8.96. The topological polar surface area (TPSA) is 56.0 Å². The van der Waals surface area contributed by atoms with Crippen molar-refractivity contribution in [1.29, 1.82) is 0 Å². The van der Waals surface area contributed by atoms with Gasteiger partial charge in [-0.2, -0.15) is 16.5 Å². The van der Waals surface area contributed by atoms with Crippen LogP contribution in [0.4, 0.5) is 0 Å². The van der Waals surface area contributed by atoms with Crippen LogP contribution in [-0.2, 0) is 10.5 Å². The molecule has 1 N–H and O–H groups in total. The summed E-state index contributed by atoms with van der Waals surface area (Å²) in [6.07, 6.45) is 1.43. The summed E-state index contributed by atoms with van der Waals surface area (Å²) in [7, 11) is 0. The fourth-order valence-electron chi connectivity index (χ4n) is 1.54. The van der Waals surface area contributed by atoms with Gasteiger partial charge in [-0.1, -0.05) is 6.07 Å². The molecule has 0 unspecified atom stereocenters. The highest BCUT2D eigenvalue weighted by molar-refractivity contribution is 7.99. The number of amides is 1. The van der Waals surface area contributed by atoms with Crippen LogP contribution in [0, 0.1) is 5.21 Å². The van der Waals surface area contributed by atoms with Crippen LogP contribution >= 0.6 is 34.9 Å². The molecule has 0 saturated heterocycles. The first-order chi connectivity index (χ1) is 10.3. The Morgan fingerprint density at radius 2 is 2.24 bits per heavy atom. The Morgan fingerprint density at radius 1 is 1.33 bits per heavy atom. The lowest BCUT2D eigenvalue weighted by Gasteiger charge is -2.05. The summed E-state index contributed by atoms with van der Waals surface area (Å²) in [5, 5.41) is 16.9. The van der Waals surface area contributed by atoms with Gasteiger partial charge in [-0.15, -0.1) is 11.3 Å². The Morgan fingerprint density at radius 3 is 3.00 bits per heavy atom. The number of nitrogens with one attached hydrogen (secondary N) is 1. The van der Waals surface area contributed by atoms with Crippen molar-refractivity contribution in [3.63, 3.8) is 0 Å². The number of hydrogen-bond donors (Lipinski definition) is 1. The summed E-state index contributed by atoms with van der Waals surface area (Å²) in [5.41, 5.74) is 0. The second-order valence-corrected chi connectivity index (χ2v) is 7.27. The van der Waals surface area contributed by atoms with E-state index in [2.05, 4.69) is 16.8 Å². The van der Waals surface area contributed by atoms with E-state index in [9.17, 15) is 10.0 Å². The molecule has 4 nitrogen and oxygen atoms in total. The predicted molar refractivity (Wildman–Crippen MR) is 89.6 cm³/mol. The summed E-state index contributed by atoms with van der Waals surface area (Å²) in [6.45, 7) is 0.654. The molecule has 0 bridgehead atoms. The van der Waals surface area contributed by atoms with E-state index in [1.807, 2.05) is 6.07 Å². The minimum atomic E-state index is -0.0411. The maximum Gasteiger partial charge on any atom is 0.251 e. The third-order valence-electron chi connectivity index (χ3n) is 2.53. The molecule has 2 heterocycles. The zero-order valence-corrected chi connectivity index (χ0v) is 13.8. The zero-order chi connectivity index (χ0) is 14.9. The van der Waals surface area contributed by atoms with Gasteiger partial charge in [0.25, 0.3) is 5.03 Å². The summed E-state index contributed by atoms with van der Waals surface area (Å²) in [6, 6.07) is 9.33. The highest BCUT2D eigenvalue weighted by atomic mass is 32.2. The first kappa shape index (κ1) is 16.2. The molecule has 0 aromatic carbocycles. The van der Waals surface area contributed by atoms with Gasteiger partial charge in [-0.25, -0.2) is 0 Å². The molecule has 0 fully saturated rings. The van der Waals surface area contributed by atoms with Crippen LogP contribution in [0.15, 0.2) is 46.9 Å². The lowest BCUT2D eigenvalue weighted by Crippen LogP contribution is -2.30. The largest absolute Gasteiger partial charge is 0.618 e. The Hall–Kier alpha value is -1.18. The Bertz CT molecular complexity index is 561. The zero-order valence-electron chi connectivity index (χ0n) is 11.4. The highest BCUT2D eigenvalue weighted by Gasteiger charge is 2.08. The van der Waals surface area contributed by atoms with Gasteiger partial charge in [-0.3, -0.25) is 4.79 Å². The molecule has 0 spiro atoms. The van der Waals surface area contributed by atoms with Crippen LogP contribution in [0.2, 0.25) is 0 Å². The van der Waals surface area contributed by atoms with E-state index in [0.29, 0.717) is 11.6 Å². The van der Waals surface area contributed by atoms with E-state index in [-0.39, 0.29) is 11.7 Å². The molecule has 0 aliphatic carbocycles. The van der Waals surface area contributed by atoms with Gasteiger partial charge < -0.3 is 10.5 Å². The smallest absolute Gasteiger partial charge is 0.251 e. The van der Waals surface area contributed by atoms with Crippen LogP contribution in [0.5, 0.6) is 0 Å². The number of carbonyl (C=O) groups excluding carboxylic acids is 1. The van der Waals surface area contributed by atoms with Crippen molar-refractivity contribution >= 4 is 40.8 Å². The van der Waals surface area contributed by atoms with Crippen molar-refractivity contribution in [1.82, 2.24) is 5.32 Å². The van der Waals surface area contributed by atoms with Gasteiger partial charge in [-0.05, 0) is 29.3 Å². The van der Waals surface area contributed by atoms with Crippen LogP contribution < -0.4 is 10.0 Å². The number of thiophene rings is 1. The summed E-state index contributed by atoms with van der Waals surface area (Å²) in [4.78, 5) is 13.0.